The van der Waals surface area contributed by atoms with E-state index in [9.17, 15) is 9.59 Å². The number of carboxylic acid groups (broad SMARTS) is 1. The summed E-state index contributed by atoms with van der Waals surface area (Å²) in [7, 11) is 0. The molecule has 0 fully saturated rings. The van der Waals surface area contributed by atoms with Gasteiger partial charge in [-0.2, -0.15) is 0 Å². The molecule has 0 atom stereocenters. The number of carboxylic acids is 1. The van der Waals surface area contributed by atoms with Crippen LogP contribution in [-0.2, 0) is 4.79 Å². The van der Waals surface area contributed by atoms with Crippen molar-refractivity contribution >= 4 is 11.8 Å². The van der Waals surface area contributed by atoms with E-state index in [1.54, 1.807) is 12.1 Å². The molecule has 0 heterocycles. The van der Waals surface area contributed by atoms with E-state index in [2.05, 4.69) is 0 Å². The molecule has 0 amide bonds. The summed E-state index contributed by atoms with van der Waals surface area (Å²) in [6.07, 6.45) is 0. The van der Waals surface area contributed by atoms with Crippen LogP contribution in [0.15, 0.2) is 54.6 Å². The highest BCUT2D eigenvalue weighted by Gasteiger charge is 2.13. The SMILES string of the molecule is O=C(O)C(=O)c1ccc(-c2ccccc2)cc1. The highest BCUT2D eigenvalue weighted by Crippen LogP contribution is 2.19. The molecule has 2 rings (SSSR count). The van der Waals surface area contributed by atoms with Gasteiger partial charge < -0.3 is 5.11 Å². The third kappa shape index (κ3) is 2.39. The number of carbonyl (C=O) groups is 2. The highest BCUT2D eigenvalue weighted by atomic mass is 16.4. The van der Waals surface area contributed by atoms with Gasteiger partial charge in [0.1, 0.15) is 0 Å². The van der Waals surface area contributed by atoms with Gasteiger partial charge in [-0.3, -0.25) is 4.79 Å². The van der Waals surface area contributed by atoms with Crippen LogP contribution >= 0.6 is 0 Å². The fourth-order valence-corrected chi connectivity index (χ4v) is 1.57. The van der Waals surface area contributed by atoms with Gasteiger partial charge in [-0.15, -0.1) is 0 Å². The van der Waals surface area contributed by atoms with Crippen LogP contribution in [-0.4, -0.2) is 16.9 Å². The van der Waals surface area contributed by atoms with E-state index in [0.717, 1.165) is 11.1 Å². The number of hydrogen-bond acceptors (Lipinski definition) is 2. The van der Waals surface area contributed by atoms with E-state index in [0.29, 0.717) is 0 Å². The first-order valence-corrected chi connectivity index (χ1v) is 5.11. The smallest absolute Gasteiger partial charge is 0.377 e. The molecule has 2 aromatic carbocycles. The van der Waals surface area contributed by atoms with Gasteiger partial charge in [0, 0.05) is 5.56 Å². The average molecular weight is 226 g/mol. The van der Waals surface area contributed by atoms with Crippen molar-refractivity contribution in [2.45, 2.75) is 0 Å². The Morgan fingerprint density at radius 2 is 1.29 bits per heavy atom. The summed E-state index contributed by atoms with van der Waals surface area (Å²) in [5.41, 5.74) is 2.17. The van der Waals surface area contributed by atoms with Crippen molar-refractivity contribution in [1.29, 1.82) is 0 Å². The Labute approximate surface area is 98.3 Å². The van der Waals surface area contributed by atoms with E-state index in [4.69, 9.17) is 5.11 Å². The van der Waals surface area contributed by atoms with Crippen LogP contribution in [0.1, 0.15) is 10.4 Å². The van der Waals surface area contributed by atoms with Gasteiger partial charge in [0.25, 0.3) is 5.78 Å². The normalized spacial score (nSPS) is 9.88. The van der Waals surface area contributed by atoms with Crippen molar-refractivity contribution in [2.24, 2.45) is 0 Å². The molecule has 0 spiro atoms. The number of hydrogen-bond donors (Lipinski definition) is 1. The lowest BCUT2D eigenvalue weighted by atomic mass is 10.0. The maximum absolute atomic E-state index is 11.2. The number of Topliss-reactive ketones (excluding diaryl/α,β-unsaturated/α-hetero) is 1. The van der Waals surface area contributed by atoms with Crippen LogP contribution in [0, 0.1) is 0 Å². The average Bonchev–Trinajstić information content (AvgIpc) is 2.39. The molecule has 0 aliphatic carbocycles. The second kappa shape index (κ2) is 4.61. The summed E-state index contributed by atoms with van der Waals surface area (Å²) < 4.78 is 0. The van der Waals surface area contributed by atoms with Crippen LogP contribution in [0.25, 0.3) is 11.1 Å². The van der Waals surface area contributed by atoms with Crippen LogP contribution in [0.3, 0.4) is 0 Å². The van der Waals surface area contributed by atoms with Crippen molar-refractivity contribution in [2.75, 3.05) is 0 Å². The van der Waals surface area contributed by atoms with Gasteiger partial charge in [0.2, 0.25) is 0 Å². The van der Waals surface area contributed by atoms with Crippen molar-refractivity contribution in [1.82, 2.24) is 0 Å². The molecule has 17 heavy (non-hydrogen) atoms. The lowest BCUT2D eigenvalue weighted by molar-refractivity contribution is -0.131. The molecule has 0 aromatic heterocycles. The van der Waals surface area contributed by atoms with Gasteiger partial charge in [-0.05, 0) is 11.1 Å². The van der Waals surface area contributed by atoms with E-state index in [1.807, 2.05) is 30.3 Å². The quantitative estimate of drug-likeness (QED) is 0.646. The minimum Gasteiger partial charge on any atom is -0.475 e. The van der Waals surface area contributed by atoms with Crippen LogP contribution in [0.4, 0.5) is 0 Å². The Balaban J connectivity index is 2.31. The minimum absolute atomic E-state index is 0.192. The summed E-state index contributed by atoms with van der Waals surface area (Å²) in [5.74, 6) is -2.32. The standard InChI is InChI=1S/C14H10O3/c15-13(14(16)17)12-8-6-11(7-9-12)10-4-2-1-3-5-10/h1-9H,(H,16,17). The predicted octanol–water partition coefficient (Wildman–Crippen LogP) is 2.62. The van der Waals surface area contributed by atoms with E-state index in [-0.39, 0.29) is 5.56 Å². The van der Waals surface area contributed by atoms with Gasteiger partial charge >= 0.3 is 5.97 Å². The molecule has 0 saturated heterocycles. The highest BCUT2D eigenvalue weighted by molar-refractivity contribution is 6.39. The van der Waals surface area contributed by atoms with E-state index >= 15 is 0 Å². The first-order valence-electron chi connectivity index (χ1n) is 5.11. The third-order valence-corrected chi connectivity index (χ3v) is 2.45. The zero-order chi connectivity index (χ0) is 12.3. The molecular formula is C14H10O3. The first kappa shape index (κ1) is 11.1. The number of benzene rings is 2. The van der Waals surface area contributed by atoms with Crippen molar-refractivity contribution in [3.63, 3.8) is 0 Å². The van der Waals surface area contributed by atoms with E-state index in [1.165, 1.54) is 12.1 Å². The van der Waals surface area contributed by atoms with Gasteiger partial charge in [0.15, 0.2) is 0 Å². The van der Waals surface area contributed by atoms with Crippen molar-refractivity contribution in [3.05, 3.63) is 60.2 Å². The van der Waals surface area contributed by atoms with Gasteiger partial charge in [-0.25, -0.2) is 4.79 Å². The Kier molecular flexibility index (Phi) is 3.01. The lowest BCUT2D eigenvalue weighted by Crippen LogP contribution is -2.12. The molecule has 0 radical (unpaired) electrons. The topological polar surface area (TPSA) is 54.4 Å². The fourth-order valence-electron chi connectivity index (χ4n) is 1.57. The number of ketones is 1. The Hall–Kier alpha value is -2.42. The third-order valence-electron chi connectivity index (χ3n) is 2.45. The second-order valence-electron chi connectivity index (χ2n) is 3.58. The summed E-state index contributed by atoms with van der Waals surface area (Å²) in [6.45, 7) is 0. The van der Waals surface area contributed by atoms with Crippen molar-refractivity contribution in [3.8, 4) is 11.1 Å². The minimum atomic E-state index is -1.43. The maximum atomic E-state index is 11.2. The van der Waals surface area contributed by atoms with Gasteiger partial charge in [-0.1, -0.05) is 54.6 Å². The molecule has 2 aromatic rings. The number of carbonyl (C=O) groups excluding carboxylic acids is 1. The van der Waals surface area contributed by atoms with E-state index < -0.39 is 11.8 Å². The predicted molar refractivity (Wildman–Crippen MR) is 63.8 cm³/mol. The monoisotopic (exact) mass is 226 g/mol. The van der Waals surface area contributed by atoms with Crippen molar-refractivity contribution < 1.29 is 14.7 Å². The molecule has 3 heteroatoms. The Morgan fingerprint density at radius 1 is 0.765 bits per heavy atom. The zero-order valence-electron chi connectivity index (χ0n) is 8.96. The largest absolute Gasteiger partial charge is 0.475 e. The van der Waals surface area contributed by atoms with Crippen LogP contribution in [0.2, 0.25) is 0 Å². The number of aliphatic carboxylic acids is 1. The molecule has 0 bridgehead atoms. The lowest BCUT2D eigenvalue weighted by Gasteiger charge is -2.02. The molecule has 3 nitrogen and oxygen atoms in total. The Morgan fingerprint density at radius 3 is 1.82 bits per heavy atom. The molecule has 0 aliphatic heterocycles. The first-order chi connectivity index (χ1) is 8.18. The summed E-state index contributed by atoms with van der Waals surface area (Å²) in [6, 6.07) is 16.2. The molecule has 1 N–H and O–H groups in total. The molecule has 0 saturated carbocycles. The van der Waals surface area contributed by atoms with Gasteiger partial charge in [0.05, 0.1) is 0 Å². The maximum Gasteiger partial charge on any atom is 0.377 e. The number of rotatable bonds is 3. The molecule has 0 aliphatic rings. The van der Waals surface area contributed by atoms with Crippen LogP contribution < -0.4 is 0 Å². The Bertz CT molecular complexity index is 541. The summed E-state index contributed by atoms with van der Waals surface area (Å²) >= 11 is 0. The zero-order valence-corrected chi connectivity index (χ0v) is 8.96. The molecule has 0 unspecified atom stereocenters. The molecular weight excluding hydrogens is 216 g/mol. The fraction of sp³-hybridized carbons (Fsp3) is 0. The molecule has 84 valence electrons. The van der Waals surface area contributed by atoms with Crippen LogP contribution in [0.5, 0.6) is 0 Å². The summed E-state index contributed by atoms with van der Waals surface area (Å²) in [5, 5.41) is 8.57. The second-order valence-corrected chi connectivity index (χ2v) is 3.58. The summed E-state index contributed by atoms with van der Waals surface area (Å²) in [4.78, 5) is 21.7.